The van der Waals surface area contributed by atoms with Gasteiger partial charge in [0, 0.05) is 35.7 Å². The Bertz CT molecular complexity index is 711. The van der Waals surface area contributed by atoms with Crippen molar-refractivity contribution in [2.75, 3.05) is 24.6 Å². The van der Waals surface area contributed by atoms with Crippen LogP contribution in [0.2, 0.25) is 0 Å². The molecule has 2 aromatic rings. The summed E-state index contributed by atoms with van der Waals surface area (Å²) in [7, 11) is 0. The molecule has 3 heterocycles. The van der Waals surface area contributed by atoms with Gasteiger partial charge in [-0.3, -0.25) is 0 Å². The molecule has 1 aliphatic rings. The highest BCUT2D eigenvalue weighted by atomic mass is 79.9. The summed E-state index contributed by atoms with van der Waals surface area (Å²) in [6.07, 6.45) is 6.36. The van der Waals surface area contributed by atoms with Crippen LogP contribution < -0.4 is 9.64 Å². The number of nitrogens with zero attached hydrogens (tertiary/aromatic N) is 4. The quantitative estimate of drug-likeness (QED) is 0.600. The summed E-state index contributed by atoms with van der Waals surface area (Å²) < 4.78 is 12.2. The van der Waals surface area contributed by atoms with Gasteiger partial charge in [0.2, 0.25) is 5.88 Å². The molecule has 7 heteroatoms. The van der Waals surface area contributed by atoms with Crippen LogP contribution in [0.4, 0.5) is 6.01 Å². The van der Waals surface area contributed by atoms with Gasteiger partial charge in [0.1, 0.15) is 0 Å². The third-order valence-electron chi connectivity index (χ3n) is 4.86. The minimum absolute atomic E-state index is 0.300. The predicted octanol–water partition coefficient (Wildman–Crippen LogP) is 4.73. The monoisotopic (exact) mass is 422 g/mol. The van der Waals surface area contributed by atoms with Gasteiger partial charge in [-0.05, 0) is 60.0 Å². The zero-order chi connectivity index (χ0) is 18.5. The van der Waals surface area contributed by atoms with Crippen LogP contribution in [-0.4, -0.2) is 34.8 Å². The van der Waals surface area contributed by atoms with Crippen molar-refractivity contribution in [2.24, 2.45) is 5.92 Å². The van der Waals surface area contributed by atoms with Crippen LogP contribution >= 0.6 is 15.9 Å². The minimum atomic E-state index is 0.300. The van der Waals surface area contributed by atoms with Gasteiger partial charge in [-0.25, -0.2) is 4.98 Å². The van der Waals surface area contributed by atoms with Crippen molar-refractivity contribution in [2.45, 2.75) is 52.4 Å². The fourth-order valence-corrected chi connectivity index (χ4v) is 3.36. The lowest BCUT2D eigenvalue weighted by molar-refractivity contribution is 0.269. The Hall–Kier alpha value is -1.63. The van der Waals surface area contributed by atoms with E-state index in [4.69, 9.17) is 9.26 Å². The number of anilines is 1. The van der Waals surface area contributed by atoms with Gasteiger partial charge >= 0.3 is 6.01 Å². The summed E-state index contributed by atoms with van der Waals surface area (Å²) in [5, 5.41) is 4.06. The topological polar surface area (TPSA) is 64.3 Å². The maximum Gasteiger partial charge on any atom is 0.324 e. The number of hydrogen-bond donors (Lipinski definition) is 0. The van der Waals surface area contributed by atoms with Crippen molar-refractivity contribution in [1.29, 1.82) is 0 Å². The van der Waals surface area contributed by atoms with E-state index in [1.165, 1.54) is 6.42 Å². The van der Waals surface area contributed by atoms with Gasteiger partial charge in [0.05, 0.1) is 6.61 Å². The fourth-order valence-electron chi connectivity index (χ4n) is 3.14. The van der Waals surface area contributed by atoms with Gasteiger partial charge < -0.3 is 14.2 Å². The van der Waals surface area contributed by atoms with Crippen LogP contribution in [0.1, 0.15) is 56.8 Å². The molecule has 0 N–H and O–H groups in total. The largest absolute Gasteiger partial charge is 0.478 e. The molecule has 0 aliphatic carbocycles. The number of pyridine rings is 1. The maximum atomic E-state index is 5.77. The molecule has 0 bridgehead atoms. The molecule has 142 valence electrons. The van der Waals surface area contributed by atoms with Crippen molar-refractivity contribution in [1.82, 2.24) is 15.1 Å². The van der Waals surface area contributed by atoms with Crippen LogP contribution in [-0.2, 0) is 0 Å². The first-order valence-corrected chi connectivity index (χ1v) is 10.2. The fraction of sp³-hybridized carbons (Fsp3) is 0.632. The van der Waals surface area contributed by atoms with E-state index in [0.29, 0.717) is 17.8 Å². The molecule has 0 saturated carbocycles. The number of rotatable bonds is 7. The lowest BCUT2D eigenvalue weighted by Gasteiger charge is -2.30. The maximum absolute atomic E-state index is 5.77. The molecule has 3 rings (SSSR count). The molecule has 6 nitrogen and oxygen atoms in total. The van der Waals surface area contributed by atoms with Crippen LogP contribution in [0.5, 0.6) is 5.88 Å². The van der Waals surface area contributed by atoms with Crippen molar-refractivity contribution >= 4 is 21.9 Å². The Morgan fingerprint density at radius 1 is 1.35 bits per heavy atom. The van der Waals surface area contributed by atoms with E-state index in [2.05, 4.69) is 49.8 Å². The standard InChI is InChI=1S/C19H27BrN4O2/c1-13(2)18-22-19(26-23-18)24-8-6-15(7-9-24)5-4-10-25-17-11-14(3)16(20)12-21-17/h11-13,15H,4-10H2,1-3H3. The first-order valence-electron chi connectivity index (χ1n) is 9.36. The third-order valence-corrected chi connectivity index (χ3v) is 5.69. The van der Waals surface area contributed by atoms with E-state index in [1.807, 2.05) is 13.0 Å². The summed E-state index contributed by atoms with van der Waals surface area (Å²) in [6, 6.07) is 2.64. The Kier molecular flexibility index (Phi) is 6.51. The molecule has 0 spiro atoms. The number of ether oxygens (including phenoxy) is 1. The molecule has 26 heavy (non-hydrogen) atoms. The summed E-state index contributed by atoms with van der Waals surface area (Å²) in [5.41, 5.74) is 1.14. The summed E-state index contributed by atoms with van der Waals surface area (Å²) in [4.78, 5) is 11.0. The SMILES string of the molecule is Cc1cc(OCCCC2CCN(c3nc(C(C)C)no3)CC2)ncc1Br. The zero-order valence-electron chi connectivity index (χ0n) is 15.7. The minimum Gasteiger partial charge on any atom is -0.478 e. The molecule has 0 aromatic carbocycles. The normalized spacial score (nSPS) is 15.7. The lowest BCUT2D eigenvalue weighted by atomic mass is 9.92. The molecule has 1 aliphatic heterocycles. The van der Waals surface area contributed by atoms with Gasteiger partial charge in [0.25, 0.3) is 0 Å². The molecule has 0 unspecified atom stereocenters. The van der Waals surface area contributed by atoms with Gasteiger partial charge in [-0.15, -0.1) is 0 Å². The lowest BCUT2D eigenvalue weighted by Crippen LogP contribution is -2.34. The van der Waals surface area contributed by atoms with Crippen molar-refractivity contribution in [3.8, 4) is 5.88 Å². The van der Waals surface area contributed by atoms with E-state index in [-0.39, 0.29) is 0 Å². The Morgan fingerprint density at radius 2 is 2.12 bits per heavy atom. The summed E-state index contributed by atoms with van der Waals surface area (Å²) >= 11 is 3.46. The number of piperidine rings is 1. The highest BCUT2D eigenvalue weighted by Gasteiger charge is 2.23. The van der Waals surface area contributed by atoms with E-state index in [0.717, 1.165) is 60.7 Å². The number of aromatic nitrogens is 3. The Balaban J connectivity index is 1.36. The zero-order valence-corrected chi connectivity index (χ0v) is 17.3. The van der Waals surface area contributed by atoms with E-state index in [9.17, 15) is 0 Å². The van der Waals surface area contributed by atoms with Crippen LogP contribution in [0.3, 0.4) is 0 Å². The first kappa shape index (κ1) is 19.1. The third kappa shape index (κ3) is 4.96. The van der Waals surface area contributed by atoms with Crippen LogP contribution in [0, 0.1) is 12.8 Å². The molecule has 2 aromatic heterocycles. The molecule has 0 atom stereocenters. The second-order valence-electron chi connectivity index (χ2n) is 7.28. The van der Waals surface area contributed by atoms with Gasteiger partial charge in [0.15, 0.2) is 5.82 Å². The Morgan fingerprint density at radius 3 is 2.77 bits per heavy atom. The van der Waals surface area contributed by atoms with Crippen molar-refractivity contribution in [3.05, 3.63) is 28.1 Å². The number of aryl methyl sites for hydroxylation is 1. The molecule has 0 amide bonds. The molecular formula is C19H27BrN4O2. The molecule has 0 radical (unpaired) electrons. The summed E-state index contributed by atoms with van der Waals surface area (Å²) in [5.74, 6) is 2.53. The Labute approximate surface area is 163 Å². The van der Waals surface area contributed by atoms with Crippen molar-refractivity contribution < 1.29 is 9.26 Å². The molecular weight excluding hydrogens is 396 g/mol. The van der Waals surface area contributed by atoms with Crippen molar-refractivity contribution in [3.63, 3.8) is 0 Å². The molecule has 1 saturated heterocycles. The molecule has 1 fully saturated rings. The summed E-state index contributed by atoms with van der Waals surface area (Å²) in [6.45, 7) is 8.88. The van der Waals surface area contributed by atoms with E-state index < -0.39 is 0 Å². The number of hydrogen-bond acceptors (Lipinski definition) is 6. The predicted molar refractivity (Wildman–Crippen MR) is 105 cm³/mol. The second kappa shape index (κ2) is 8.84. The second-order valence-corrected chi connectivity index (χ2v) is 8.14. The highest BCUT2D eigenvalue weighted by Crippen LogP contribution is 2.26. The van der Waals surface area contributed by atoms with Gasteiger partial charge in [-0.2, -0.15) is 4.98 Å². The van der Waals surface area contributed by atoms with E-state index in [1.54, 1.807) is 6.20 Å². The first-order chi connectivity index (χ1) is 12.5. The van der Waals surface area contributed by atoms with Gasteiger partial charge in [-0.1, -0.05) is 19.0 Å². The average Bonchev–Trinajstić information content (AvgIpc) is 3.13. The van der Waals surface area contributed by atoms with E-state index >= 15 is 0 Å². The average molecular weight is 423 g/mol. The smallest absolute Gasteiger partial charge is 0.324 e. The number of halogens is 1. The van der Waals surface area contributed by atoms with Crippen LogP contribution in [0.15, 0.2) is 21.3 Å². The van der Waals surface area contributed by atoms with Crippen LogP contribution in [0.25, 0.3) is 0 Å². The highest BCUT2D eigenvalue weighted by molar-refractivity contribution is 9.10.